The maximum atomic E-state index is 12.4. The fourth-order valence-electron chi connectivity index (χ4n) is 1.28. The van der Waals surface area contributed by atoms with Gasteiger partial charge in [0.15, 0.2) is 5.69 Å². The van der Waals surface area contributed by atoms with Gasteiger partial charge >= 0.3 is 63.5 Å². The van der Waals surface area contributed by atoms with Gasteiger partial charge in [0.05, 0.1) is 6.04 Å². The quantitative estimate of drug-likeness (QED) is 0.698. The second kappa shape index (κ2) is 4.77. The van der Waals surface area contributed by atoms with E-state index in [1.54, 1.807) is 0 Å². The molecule has 0 atom stereocenters. The topological polar surface area (TPSA) is 55.1 Å². The van der Waals surface area contributed by atoms with Crippen molar-refractivity contribution < 1.29 is 75.9 Å². The van der Waals surface area contributed by atoms with Crippen LogP contribution in [0.25, 0.3) is 0 Å². The van der Waals surface area contributed by atoms with Crippen LogP contribution in [0.1, 0.15) is 36.4 Å². The van der Waals surface area contributed by atoms with E-state index in [0.29, 0.717) is 0 Å². The van der Waals surface area contributed by atoms with Crippen LogP contribution in [0, 0.1) is 0 Å². The summed E-state index contributed by atoms with van der Waals surface area (Å²) in [6, 6.07) is -0.0702. The summed E-state index contributed by atoms with van der Waals surface area (Å²) in [7, 11) is 0. The molecule has 0 amide bonds. The maximum absolute atomic E-state index is 12.4. The summed E-state index contributed by atoms with van der Waals surface area (Å²) in [5.41, 5.74) is -2.10. The number of nitrogens with zero attached hydrogens (tertiary/aromatic N) is 2. The van der Waals surface area contributed by atoms with Gasteiger partial charge in [0.25, 0.3) is 0 Å². The van der Waals surface area contributed by atoms with E-state index in [-0.39, 0.29) is 58.9 Å². The standard InChI is InChI=1S/C8H7F3N2O2.K.H/c9-8(10,11)6-5(7(14)15)3-13(12-6)4-1-2-4;;/h3-4H,1-2H2,(H,14,15);;/q;+1;-1. The monoisotopic (exact) mass is 260 g/mol. The predicted octanol–water partition coefficient (Wildman–Crippen LogP) is -0.948. The Bertz CT molecular complexity index is 417. The molecule has 4 nitrogen and oxygen atoms in total. The molecule has 1 aliphatic rings. The van der Waals surface area contributed by atoms with Crippen molar-refractivity contribution in [3.8, 4) is 0 Å². The number of carbonyl (C=O) groups is 1. The zero-order chi connectivity index (χ0) is 11.2. The van der Waals surface area contributed by atoms with E-state index in [9.17, 15) is 18.0 Å². The predicted molar refractivity (Wildman–Crippen MR) is 43.6 cm³/mol. The van der Waals surface area contributed by atoms with Gasteiger partial charge in [-0.3, -0.25) is 4.68 Å². The number of aromatic carboxylic acids is 1. The molecule has 0 aromatic carbocycles. The number of hydrogen-bond acceptors (Lipinski definition) is 2. The largest absolute Gasteiger partial charge is 1.00 e. The van der Waals surface area contributed by atoms with E-state index in [1.165, 1.54) is 0 Å². The minimum atomic E-state index is -4.71. The van der Waals surface area contributed by atoms with Crippen LogP contribution in [0.5, 0.6) is 0 Å². The van der Waals surface area contributed by atoms with Crippen molar-refractivity contribution in [2.24, 2.45) is 0 Å². The minimum Gasteiger partial charge on any atom is -1.00 e. The molecule has 16 heavy (non-hydrogen) atoms. The third-order valence-corrected chi connectivity index (χ3v) is 2.15. The Morgan fingerprint density at radius 2 is 2.12 bits per heavy atom. The summed E-state index contributed by atoms with van der Waals surface area (Å²) >= 11 is 0. The molecule has 2 rings (SSSR count). The van der Waals surface area contributed by atoms with Crippen molar-refractivity contribution in [3.63, 3.8) is 0 Å². The summed E-state index contributed by atoms with van der Waals surface area (Å²) in [5, 5.41) is 11.9. The second-order valence-electron chi connectivity index (χ2n) is 3.41. The fourth-order valence-corrected chi connectivity index (χ4v) is 1.28. The van der Waals surface area contributed by atoms with Crippen molar-refractivity contribution >= 4 is 5.97 Å². The Morgan fingerprint density at radius 1 is 1.56 bits per heavy atom. The van der Waals surface area contributed by atoms with Gasteiger partial charge in [-0.05, 0) is 12.8 Å². The number of carboxylic acids is 1. The van der Waals surface area contributed by atoms with Crippen molar-refractivity contribution in [1.82, 2.24) is 9.78 Å². The summed E-state index contributed by atoms with van der Waals surface area (Å²) in [5.74, 6) is -1.60. The number of halogens is 3. The fraction of sp³-hybridized carbons (Fsp3) is 0.500. The van der Waals surface area contributed by atoms with Gasteiger partial charge in [-0.1, -0.05) is 0 Å². The van der Waals surface area contributed by atoms with Gasteiger partial charge in [-0.25, -0.2) is 4.79 Å². The third-order valence-electron chi connectivity index (χ3n) is 2.15. The zero-order valence-electron chi connectivity index (χ0n) is 9.45. The smallest absolute Gasteiger partial charge is 1.00 e. The van der Waals surface area contributed by atoms with Gasteiger partial charge in [0.1, 0.15) is 5.56 Å². The molecule has 0 saturated heterocycles. The van der Waals surface area contributed by atoms with Crippen LogP contribution in [-0.4, -0.2) is 20.9 Å². The number of aromatic nitrogens is 2. The van der Waals surface area contributed by atoms with Gasteiger partial charge in [-0.15, -0.1) is 0 Å². The zero-order valence-corrected chi connectivity index (χ0v) is 11.6. The van der Waals surface area contributed by atoms with Crippen LogP contribution < -0.4 is 51.4 Å². The Hall–Kier alpha value is 0.106. The molecule has 1 heterocycles. The molecule has 84 valence electrons. The Balaban J connectivity index is 0.00000128. The molecule has 1 saturated carbocycles. The van der Waals surface area contributed by atoms with Gasteiger partial charge in [0, 0.05) is 6.20 Å². The molecule has 1 N–H and O–H groups in total. The van der Waals surface area contributed by atoms with Gasteiger partial charge < -0.3 is 6.53 Å². The first-order valence-electron chi connectivity index (χ1n) is 4.29. The Kier molecular flexibility index (Phi) is 4.22. The first-order valence-corrected chi connectivity index (χ1v) is 4.29. The molecule has 0 aliphatic heterocycles. The molecule has 1 fully saturated rings. The van der Waals surface area contributed by atoms with Crippen LogP contribution in [0.15, 0.2) is 6.20 Å². The summed E-state index contributed by atoms with van der Waals surface area (Å²) < 4.78 is 38.2. The second-order valence-corrected chi connectivity index (χ2v) is 3.41. The van der Waals surface area contributed by atoms with E-state index < -0.39 is 23.4 Å². The molecule has 1 aromatic heterocycles. The van der Waals surface area contributed by atoms with Crippen LogP contribution in [0.3, 0.4) is 0 Å². The third kappa shape index (κ3) is 2.86. The van der Waals surface area contributed by atoms with Crippen LogP contribution in [0.4, 0.5) is 13.2 Å². The van der Waals surface area contributed by atoms with E-state index in [1.807, 2.05) is 0 Å². The summed E-state index contributed by atoms with van der Waals surface area (Å²) in [6.07, 6.45) is -2.27. The van der Waals surface area contributed by atoms with E-state index in [0.717, 1.165) is 23.7 Å². The van der Waals surface area contributed by atoms with E-state index in [4.69, 9.17) is 5.11 Å². The molecule has 0 unspecified atom stereocenters. The minimum absolute atomic E-state index is 0. The van der Waals surface area contributed by atoms with Crippen molar-refractivity contribution in [2.45, 2.75) is 25.1 Å². The Labute approximate surface area is 133 Å². The van der Waals surface area contributed by atoms with Crippen molar-refractivity contribution in [1.29, 1.82) is 0 Å². The first-order chi connectivity index (χ1) is 6.89. The van der Waals surface area contributed by atoms with Crippen molar-refractivity contribution in [2.75, 3.05) is 0 Å². The molecule has 0 bridgehead atoms. The van der Waals surface area contributed by atoms with Crippen molar-refractivity contribution in [3.05, 3.63) is 17.5 Å². The summed E-state index contributed by atoms with van der Waals surface area (Å²) in [6.45, 7) is 0. The molecule has 0 radical (unpaired) electrons. The molecule has 8 heteroatoms. The molecule has 1 aromatic rings. The number of carboxylic acid groups (broad SMARTS) is 1. The first kappa shape index (κ1) is 14.2. The molecule has 0 spiro atoms. The van der Waals surface area contributed by atoms with Crippen LogP contribution in [0.2, 0.25) is 0 Å². The normalized spacial score (nSPS) is 15.7. The maximum Gasteiger partial charge on any atom is 1.00 e. The number of alkyl halides is 3. The molecular formula is C8H8F3KN2O2. The van der Waals surface area contributed by atoms with Crippen LogP contribution in [-0.2, 0) is 6.18 Å². The molecular weight excluding hydrogens is 252 g/mol. The summed E-state index contributed by atoms with van der Waals surface area (Å²) in [4.78, 5) is 10.6. The van der Waals surface area contributed by atoms with E-state index in [2.05, 4.69) is 5.10 Å². The Morgan fingerprint density at radius 3 is 2.44 bits per heavy atom. The average molecular weight is 260 g/mol. The number of rotatable bonds is 2. The van der Waals surface area contributed by atoms with Gasteiger partial charge in [-0.2, -0.15) is 18.3 Å². The SMILES string of the molecule is O=C(O)c1cn(C2CC2)nc1C(F)(F)F.[H-].[K+]. The number of hydrogen-bond donors (Lipinski definition) is 1. The molecule has 1 aliphatic carbocycles. The van der Waals surface area contributed by atoms with Gasteiger partial charge in [0.2, 0.25) is 0 Å². The van der Waals surface area contributed by atoms with Crippen LogP contribution >= 0.6 is 0 Å². The van der Waals surface area contributed by atoms with E-state index >= 15 is 0 Å². The average Bonchev–Trinajstić information content (AvgIpc) is 2.81.